The van der Waals surface area contributed by atoms with E-state index in [2.05, 4.69) is 47.8 Å². The number of alkyl halides is 3. The monoisotopic (exact) mass is 764 g/mol. The van der Waals surface area contributed by atoms with Crippen LogP contribution in [0.1, 0.15) is 68.0 Å². The van der Waals surface area contributed by atoms with Gasteiger partial charge >= 0.3 is 6.18 Å². The van der Waals surface area contributed by atoms with Crippen molar-refractivity contribution in [3.63, 3.8) is 0 Å². The molecule has 3 aliphatic rings. The molecule has 1 unspecified atom stereocenters. The zero-order valence-electron chi connectivity index (χ0n) is 28.6. The highest BCUT2D eigenvalue weighted by atomic mass is 35.5. The van der Waals surface area contributed by atoms with E-state index >= 15 is 0 Å². The van der Waals surface area contributed by atoms with E-state index in [9.17, 15) is 31.2 Å². The van der Waals surface area contributed by atoms with Gasteiger partial charge in [0.15, 0.2) is 10.8 Å². The minimum Gasteiger partial charge on any atom is -0.351 e. The Morgan fingerprint density at radius 3 is 2.48 bits per heavy atom. The van der Waals surface area contributed by atoms with Crippen LogP contribution in [0.25, 0.3) is 21.9 Å². The molecule has 2 amide bonds. The summed E-state index contributed by atoms with van der Waals surface area (Å²) in [4.78, 5) is 34.8. The number of nitrogens with one attached hydrogen (secondary N) is 2. The first-order chi connectivity index (χ1) is 24.7. The van der Waals surface area contributed by atoms with Gasteiger partial charge in [-0.05, 0) is 75.7 Å². The van der Waals surface area contributed by atoms with Gasteiger partial charge in [-0.1, -0.05) is 23.7 Å². The Morgan fingerprint density at radius 1 is 1.02 bits per heavy atom. The van der Waals surface area contributed by atoms with Crippen LogP contribution in [0.4, 0.5) is 19.1 Å². The number of hydrogen-bond donors (Lipinski definition) is 2. The molecule has 0 aliphatic carbocycles. The first kappa shape index (κ1) is 36.5. The predicted octanol–water partition coefficient (Wildman–Crippen LogP) is 3.92. The summed E-state index contributed by atoms with van der Waals surface area (Å²) in [5.74, 6) is -0.436. The average Bonchev–Trinajstić information content (AvgIpc) is 3.58. The molecule has 1 aromatic carbocycles. The van der Waals surface area contributed by atoms with Crippen molar-refractivity contribution in [1.29, 1.82) is 0 Å². The molecule has 2 N–H and O–H groups in total. The van der Waals surface area contributed by atoms with E-state index in [4.69, 9.17) is 11.6 Å². The van der Waals surface area contributed by atoms with Crippen LogP contribution in [0.2, 0.25) is 5.15 Å². The summed E-state index contributed by atoms with van der Waals surface area (Å²) >= 11 is 5.98. The fourth-order valence-electron chi connectivity index (χ4n) is 7.59. The second-order valence-corrected chi connectivity index (χ2v) is 16.3. The van der Waals surface area contributed by atoms with E-state index in [-0.39, 0.29) is 45.7 Å². The molecule has 3 saturated heterocycles. The van der Waals surface area contributed by atoms with Gasteiger partial charge < -0.3 is 10.2 Å². The average molecular weight is 765 g/mol. The molecular formula is C33H40ClF3N10O4S. The number of rotatable bonds is 10. The Balaban J connectivity index is 0.864. The van der Waals surface area contributed by atoms with Crippen LogP contribution < -0.4 is 10.6 Å². The molecule has 52 heavy (non-hydrogen) atoms. The van der Waals surface area contributed by atoms with Crippen molar-refractivity contribution in [2.24, 2.45) is 7.05 Å². The van der Waals surface area contributed by atoms with Crippen LogP contribution >= 0.6 is 11.6 Å². The molecule has 6 heterocycles. The van der Waals surface area contributed by atoms with Gasteiger partial charge in [0.1, 0.15) is 6.54 Å². The number of fused-ring (bicyclic) bond motifs is 2. The lowest BCUT2D eigenvalue weighted by Crippen LogP contribution is -2.44. The number of anilines is 1. The Hall–Kier alpha value is -3.87. The topological polar surface area (TPSA) is 160 Å². The normalized spacial score (nSPS) is 20.6. The molecule has 1 atom stereocenters. The van der Waals surface area contributed by atoms with Gasteiger partial charge in [0.25, 0.3) is 0 Å². The molecule has 0 bridgehead atoms. The zero-order valence-corrected chi connectivity index (χ0v) is 30.1. The number of aryl methyl sites for hydroxylation is 1. The van der Waals surface area contributed by atoms with Crippen LogP contribution in [-0.4, -0.2) is 110 Å². The fourth-order valence-corrected chi connectivity index (χ4v) is 9.33. The first-order valence-electron chi connectivity index (χ1n) is 17.5. The van der Waals surface area contributed by atoms with Gasteiger partial charge in [-0.15, -0.1) is 0 Å². The van der Waals surface area contributed by atoms with Gasteiger partial charge in [0.2, 0.25) is 27.8 Å². The van der Waals surface area contributed by atoms with Crippen LogP contribution in [0.5, 0.6) is 0 Å². The number of benzene rings is 1. The van der Waals surface area contributed by atoms with E-state index < -0.39 is 28.7 Å². The number of amides is 2. The number of aromatic nitrogens is 6. The minimum atomic E-state index is -4.50. The Kier molecular flexibility index (Phi) is 10.2. The predicted molar refractivity (Wildman–Crippen MR) is 187 cm³/mol. The second-order valence-electron chi connectivity index (χ2n) is 13.9. The smallest absolute Gasteiger partial charge is 0.351 e. The Morgan fingerprint density at radius 2 is 1.77 bits per heavy atom. The largest absolute Gasteiger partial charge is 0.408 e. The maximum absolute atomic E-state index is 13.2. The quantitative estimate of drug-likeness (QED) is 0.227. The molecule has 280 valence electrons. The Labute approximate surface area is 303 Å². The van der Waals surface area contributed by atoms with Gasteiger partial charge in [-0.2, -0.15) is 28.4 Å². The molecule has 7 rings (SSSR count). The van der Waals surface area contributed by atoms with Crippen molar-refractivity contribution in [3.05, 3.63) is 40.8 Å². The van der Waals surface area contributed by atoms with Crippen molar-refractivity contribution < 1.29 is 31.2 Å². The van der Waals surface area contributed by atoms with Gasteiger partial charge in [0.05, 0.1) is 28.3 Å². The summed E-state index contributed by atoms with van der Waals surface area (Å²) in [6, 6.07) is 6.15. The fraction of sp³-hybridized carbons (Fsp3) is 0.576. The summed E-state index contributed by atoms with van der Waals surface area (Å²) in [6.07, 6.45) is 1.01. The van der Waals surface area contributed by atoms with Crippen molar-refractivity contribution in [2.45, 2.75) is 75.5 Å². The van der Waals surface area contributed by atoms with Crippen LogP contribution in [0, 0.1) is 0 Å². The summed E-state index contributed by atoms with van der Waals surface area (Å²) in [5, 5.41) is 15.0. The number of carbonyl (C=O) groups is 2. The van der Waals surface area contributed by atoms with Crippen LogP contribution in [-0.2, 0) is 33.2 Å². The highest BCUT2D eigenvalue weighted by Gasteiger charge is 2.33. The third-order valence-corrected chi connectivity index (χ3v) is 12.6. The Bertz CT molecular complexity index is 2090. The molecule has 3 aromatic heterocycles. The second kappa shape index (κ2) is 14.5. The lowest BCUT2D eigenvalue weighted by Gasteiger charge is -2.33. The molecule has 3 fully saturated rings. The number of sulfonamides is 1. The number of hydrogen-bond acceptors (Lipinski definition) is 10. The highest BCUT2D eigenvalue weighted by Crippen LogP contribution is 2.35. The number of piperidine rings is 3. The first-order valence-corrected chi connectivity index (χ1v) is 19.5. The third-order valence-electron chi connectivity index (χ3n) is 10.4. The molecule has 3 aliphatic heterocycles. The van der Waals surface area contributed by atoms with E-state index in [1.807, 2.05) is 13.1 Å². The maximum Gasteiger partial charge on any atom is 0.408 e. The van der Waals surface area contributed by atoms with E-state index in [1.54, 1.807) is 4.68 Å². The van der Waals surface area contributed by atoms with Gasteiger partial charge in [-0.3, -0.25) is 19.6 Å². The minimum absolute atomic E-state index is 0.0302. The van der Waals surface area contributed by atoms with Crippen molar-refractivity contribution in [1.82, 2.24) is 44.1 Å². The summed E-state index contributed by atoms with van der Waals surface area (Å²) in [6.45, 7) is 1.73. The summed E-state index contributed by atoms with van der Waals surface area (Å²) < 4.78 is 69.4. The number of nitrogens with zero attached hydrogens (tertiary/aromatic N) is 8. The van der Waals surface area contributed by atoms with Crippen molar-refractivity contribution >= 4 is 61.3 Å². The standard InChI is InChI=1S/C33H40ClF3N10O4S/c1-44-26-17-21(3-4-23(26)28(42-44)24-5-6-27(48)40-31(24)49)20-7-12-45(13-8-20)11-2-16-52(50,51)46-14-9-22(10-15-46)39-32-38-18-25-29(34)43-47(30(25)41-32)19-33(35,36)37/h3-4,17-18,20,22,24H,2,5-16,19H2,1H3,(H,38,39,41)(H,40,48,49). The molecule has 14 nitrogen and oxygen atoms in total. The molecule has 0 spiro atoms. The van der Waals surface area contributed by atoms with Crippen LogP contribution in [0.15, 0.2) is 24.4 Å². The maximum atomic E-state index is 13.2. The molecule has 19 heteroatoms. The lowest BCUT2D eigenvalue weighted by atomic mass is 9.88. The highest BCUT2D eigenvalue weighted by molar-refractivity contribution is 7.89. The zero-order chi connectivity index (χ0) is 36.8. The molecule has 0 saturated carbocycles. The summed E-state index contributed by atoms with van der Waals surface area (Å²) in [5.41, 5.74) is 2.85. The number of likely N-dealkylation sites (tertiary alicyclic amines) is 1. The third kappa shape index (κ3) is 7.89. The van der Waals surface area contributed by atoms with Crippen molar-refractivity contribution in [3.8, 4) is 0 Å². The lowest BCUT2D eigenvalue weighted by molar-refractivity contribution is -0.142. The van der Waals surface area contributed by atoms with E-state index in [0.717, 1.165) is 36.8 Å². The van der Waals surface area contributed by atoms with Crippen molar-refractivity contribution in [2.75, 3.05) is 43.8 Å². The molecule has 0 radical (unpaired) electrons. The SMILES string of the molecule is Cn1nc(C2CCC(=O)NC2=O)c2ccc(C3CCN(CCCS(=O)(=O)N4CCC(Nc5ncc6c(Cl)nn(CC(F)(F)F)c6n5)CC4)CC3)cc21. The van der Waals surface area contributed by atoms with Gasteiger partial charge in [-0.25, -0.2) is 22.4 Å². The summed E-state index contributed by atoms with van der Waals surface area (Å²) in [7, 11) is -1.59. The number of halogens is 4. The van der Waals surface area contributed by atoms with Gasteiger partial charge in [0, 0.05) is 44.2 Å². The van der Waals surface area contributed by atoms with Crippen LogP contribution in [0.3, 0.4) is 0 Å². The molecule has 4 aromatic rings. The molecular weight excluding hydrogens is 725 g/mol. The van der Waals surface area contributed by atoms with E-state index in [0.29, 0.717) is 68.0 Å². The number of imide groups is 1. The number of carbonyl (C=O) groups excluding carboxylic acids is 2. The van der Waals surface area contributed by atoms with E-state index in [1.165, 1.54) is 16.1 Å².